The lowest BCUT2D eigenvalue weighted by Gasteiger charge is -2.35. The molecule has 8 nitrogen and oxygen atoms in total. The number of carbonyl (C=O) groups excluding carboxylic acids is 2. The van der Waals surface area contributed by atoms with Crippen LogP contribution >= 0.6 is 0 Å². The van der Waals surface area contributed by atoms with Gasteiger partial charge in [-0.2, -0.15) is 5.26 Å². The van der Waals surface area contributed by atoms with Crippen molar-refractivity contribution < 1.29 is 9.59 Å². The summed E-state index contributed by atoms with van der Waals surface area (Å²) in [6.45, 7) is 6.16. The molecular formula is C26H26N6O2. The zero-order chi connectivity index (χ0) is 24.2. The van der Waals surface area contributed by atoms with Crippen molar-refractivity contribution in [2.45, 2.75) is 13.8 Å². The molecule has 0 aliphatic carbocycles. The Morgan fingerprint density at radius 2 is 1.82 bits per heavy atom. The van der Waals surface area contributed by atoms with Gasteiger partial charge in [-0.25, -0.2) is 4.98 Å². The average Bonchev–Trinajstić information content (AvgIpc) is 2.88. The second-order valence-electron chi connectivity index (χ2n) is 8.22. The molecule has 3 heterocycles. The Hall–Kier alpha value is -4.25. The van der Waals surface area contributed by atoms with Crippen LogP contribution in [0.1, 0.15) is 28.5 Å². The van der Waals surface area contributed by atoms with E-state index in [1.807, 2.05) is 42.2 Å². The molecule has 1 saturated heterocycles. The molecule has 0 unspecified atom stereocenters. The van der Waals surface area contributed by atoms with Gasteiger partial charge in [0.15, 0.2) is 0 Å². The van der Waals surface area contributed by atoms with E-state index < -0.39 is 0 Å². The lowest BCUT2D eigenvalue weighted by molar-refractivity contribution is -0.129. The van der Waals surface area contributed by atoms with Crippen LogP contribution < -0.4 is 9.80 Å². The van der Waals surface area contributed by atoms with E-state index in [2.05, 4.69) is 20.9 Å². The van der Waals surface area contributed by atoms with Crippen LogP contribution in [-0.4, -0.2) is 59.9 Å². The highest BCUT2D eigenvalue weighted by Gasteiger charge is 2.22. The number of amides is 2. The minimum atomic E-state index is -0.186. The fourth-order valence-corrected chi connectivity index (χ4v) is 4.07. The molecule has 3 aromatic rings. The fourth-order valence-electron chi connectivity index (χ4n) is 4.07. The van der Waals surface area contributed by atoms with Gasteiger partial charge in [0.2, 0.25) is 5.91 Å². The number of rotatable bonds is 4. The molecule has 1 aliphatic heterocycles. The summed E-state index contributed by atoms with van der Waals surface area (Å²) in [6.07, 6.45) is 1.68. The minimum absolute atomic E-state index is 0.0850. The third-order valence-electron chi connectivity index (χ3n) is 6.11. The van der Waals surface area contributed by atoms with E-state index in [1.165, 1.54) is 0 Å². The summed E-state index contributed by atoms with van der Waals surface area (Å²) in [5.41, 5.74) is 3.66. The molecule has 172 valence electrons. The molecule has 1 aromatic carbocycles. The SMILES string of the molecule is CC(=O)N1CCN(c2ccc(C(=O)N(C)c3ccc(C#N)c(-c4ccccn4)c3)c(C)n2)CC1. The number of benzene rings is 1. The maximum absolute atomic E-state index is 13.3. The summed E-state index contributed by atoms with van der Waals surface area (Å²) in [4.78, 5) is 39.4. The largest absolute Gasteiger partial charge is 0.353 e. The first-order chi connectivity index (χ1) is 16.4. The number of hydrogen-bond acceptors (Lipinski definition) is 6. The van der Waals surface area contributed by atoms with Crippen molar-refractivity contribution in [2.24, 2.45) is 0 Å². The maximum atomic E-state index is 13.3. The van der Waals surface area contributed by atoms with E-state index in [4.69, 9.17) is 0 Å². The van der Waals surface area contributed by atoms with E-state index in [0.717, 1.165) is 5.82 Å². The first-order valence-corrected chi connectivity index (χ1v) is 11.1. The first-order valence-electron chi connectivity index (χ1n) is 11.1. The summed E-state index contributed by atoms with van der Waals surface area (Å²) in [5, 5.41) is 9.52. The van der Waals surface area contributed by atoms with Crippen LogP contribution in [0.2, 0.25) is 0 Å². The van der Waals surface area contributed by atoms with Crippen molar-refractivity contribution in [3.8, 4) is 17.3 Å². The number of pyridine rings is 2. The fraction of sp³-hybridized carbons (Fsp3) is 0.269. The Morgan fingerprint density at radius 1 is 1.06 bits per heavy atom. The number of anilines is 2. The summed E-state index contributed by atoms with van der Waals surface area (Å²) >= 11 is 0. The summed E-state index contributed by atoms with van der Waals surface area (Å²) < 4.78 is 0. The number of aryl methyl sites for hydroxylation is 1. The van der Waals surface area contributed by atoms with Crippen LogP contribution in [0.25, 0.3) is 11.3 Å². The molecule has 1 aliphatic rings. The molecule has 0 saturated carbocycles. The number of piperazine rings is 1. The van der Waals surface area contributed by atoms with Gasteiger partial charge < -0.3 is 14.7 Å². The number of hydrogen-bond donors (Lipinski definition) is 0. The Morgan fingerprint density at radius 3 is 2.44 bits per heavy atom. The van der Waals surface area contributed by atoms with Gasteiger partial charge in [0.05, 0.1) is 28.6 Å². The second-order valence-corrected chi connectivity index (χ2v) is 8.22. The van der Waals surface area contributed by atoms with E-state index in [0.29, 0.717) is 59.9 Å². The smallest absolute Gasteiger partial charge is 0.259 e. The standard InChI is InChI=1S/C26H26N6O2/c1-18-22(9-10-25(29-18)32-14-12-31(13-15-32)19(2)33)26(34)30(3)21-8-7-20(17-27)23(16-21)24-6-4-5-11-28-24/h4-11,16H,12-15H2,1-3H3. The molecular weight excluding hydrogens is 428 g/mol. The third kappa shape index (κ3) is 4.59. The minimum Gasteiger partial charge on any atom is -0.353 e. The van der Waals surface area contributed by atoms with Crippen LogP contribution in [0, 0.1) is 18.3 Å². The predicted molar refractivity (Wildman–Crippen MR) is 131 cm³/mol. The highest BCUT2D eigenvalue weighted by molar-refractivity contribution is 6.06. The Labute approximate surface area is 199 Å². The summed E-state index contributed by atoms with van der Waals surface area (Å²) in [5.74, 6) is 0.701. The molecule has 0 N–H and O–H groups in total. The van der Waals surface area contributed by atoms with Crippen molar-refractivity contribution in [3.63, 3.8) is 0 Å². The molecule has 4 rings (SSSR count). The molecule has 0 bridgehead atoms. The first kappa shape index (κ1) is 22.9. The lowest BCUT2D eigenvalue weighted by Crippen LogP contribution is -2.48. The Bertz CT molecular complexity index is 1260. The third-order valence-corrected chi connectivity index (χ3v) is 6.11. The van der Waals surface area contributed by atoms with Crippen molar-refractivity contribution in [1.82, 2.24) is 14.9 Å². The molecule has 34 heavy (non-hydrogen) atoms. The maximum Gasteiger partial charge on any atom is 0.259 e. The van der Waals surface area contributed by atoms with Gasteiger partial charge in [-0.15, -0.1) is 0 Å². The summed E-state index contributed by atoms with van der Waals surface area (Å²) in [7, 11) is 1.71. The van der Waals surface area contributed by atoms with Crippen molar-refractivity contribution in [1.29, 1.82) is 5.26 Å². The predicted octanol–water partition coefficient (Wildman–Crippen LogP) is 3.27. The Kier molecular flexibility index (Phi) is 6.55. The average molecular weight is 455 g/mol. The van der Waals surface area contributed by atoms with Crippen LogP contribution in [0.4, 0.5) is 11.5 Å². The quantitative estimate of drug-likeness (QED) is 0.601. The van der Waals surface area contributed by atoms with E-state index >= 15 is 0 Å². The molecule has 1 fully saturated rings. The van der Waals surface area contributed by atoms with Crippen molar-refractivity contribution in [2.75, 3.05) is 43.0 Å². The van der Waals surface area contributed by atoms with Gasteiger partial charge in [-0.1, -0.05) is 6.07 Å². The summed E-state index contributed by atoms with van der Waals surface area (Å²) in [6, 6.07) is 16.6. The zero-order valence-electron chi connectivity index (χ0n) is 19.5. The van der Waals surface area contributed by atoms with Crippen molar-refractivity contribution >= 4 is 23.3 Å². The van der Waals surface area contributed by atoms with Gasteiger partial charge in [0, 0.05) is 57.6 Å². The molecule has 0 radical (unpaired) electrons. The van der Waals surface area contributed by atoms with Gasteiger partial charge in [0.1, 0.15) is 5.82 Å². The number of carbonyl (C=O) groups is 2. The van der Waals surface area contributed by atoms with Crippen LogP contribution in [-0.2, 0) is 4.79 Å². The lowest BCUT2D eigenvalue weighted by atomic mass is 10.0. The Balaban J connectivity index is 1.55. The highest BCUT2D eigenvalue weighted by atomic mass is 16.2. The molecule has 8 heteroatoms. The van der Waals surface area contributed by atoms with E-state index in [-0.39, 0.29) is 11.8 Å². The van der Waals surface area contributed by atoms with Gasteiger partial charge in [-0.05, 0) is 49.4 Å². The zero-order valence-corrected chi connectivity index (χ0v) is 19.5. The molecule has 0 spiro atoms. The molecule has 0 atom stereocenters. The molecule has 2 aromatic heterocycles. The van der Waals surface area contributed by atoms with Gasteiger partial charge >= 0.3 is 0 Å². The van der Waals surface area contributed by atoms with Crippen LogP contribution in [0.5, 0.6) is 0 Å². The van der Waals surface area contributed by atoms with Gasteiger partial charge in [-0.3, -0.25) is 14.6 Å². The number of aromatic nitrogens is 2. The normalized spacial score (nSPS) is 13.4. The van der Waals surface area contributed by atoms with Crippen LogP contribution in [0.15, 0.2) is 54.7 Å². The second kappa shape index (κ2) is 9.71. The van der Waals surface area contributed by atoms with Crippen molar-refractivity contribution in [3.05, 3.63) is 71.5 Å². The van der Waals surface area contributed by atoms with E-state index in [1.54, 1.807) is 43.3 Å². The molecule has 2 amide bonds. The number of nitriles is 1. The van der Waals surface area contributed by atoms with Gasteiger partial charge in [0.25, 0.3) is 5.91 Å². The number of nitrogens with zero attached hydrogens (tertiary/aromatic N) is 6. The van der Waals surface area contributed by atoms with Crippen LogP contribution in [0.3, 0.4) is 0 Å². The highest BCUT2D eigenvalue weighted by Crippen LogP contribution is 2.28. The van der Waals surface area contributed by atoms with E-state index in [9.17, 15) is 14.9 Å². The monoisotopic (exact) mass is 454 g/mol. The topological polar surface area (TPSA) is 93.4 Å².